The van der Waals surface area contributed by atoms with E-state index >= 15 is 0 Å². The molecule has 0 aliphatic heterocycles. The number of ether oxygens (including phenoxy) is 1. The van der Waals surface area contributed by atoms with E-state index < -0.39 is 0 Å². The number of hydrogen-bond donors (Lipinski definition) is 2. The van der Waals surface area contributed by atoms with E-state index in [1.54, 1.807) is 13.2 Å². The summed E-state index contributed by atoms with van der Waals surface area (Å²) in [5, 5.41) is 10.8. The van der Waals surface area contributed by atoms with Gasteiger partial charge in [-0.25, -0.2) is 19.3 Å². The number of aromatic nitrogens is 6. The Balaban J connectivity index is 1.31. The van der Waals surface area contributed by atoms with Gasteiger partial charge in [-0.3, -0.25) is 5.10 Å². The number of benzene rings is 2. The van der Waals surface area contributed by atoms with Gasteiger partial charge in [0.15, 0.2) is 5.82 Å². The third-order valence-corrected chi connectivity index (χ3v) is 5.57. The van der Waals surface area contributed by atoms with Crippen LogP contribution < -0.4 is 10.1 Å². The topological polar surface area (TPSA) is 93.5 Å². The van der Waals surface area contributed by atoms with Gasteiger partial charge in [-0.05, 0) is 25.1 Å². The molecule has 5 rings (SSSR count). The first kappa shape index (κ1) is 20.6. The number of anilines is 1. The summed E-state index contributed by atoms with van der Waals surface area (Å²) in [4.78, 5) is 12.9. The minimum absolute atomic E-state index is 0.267. The molecule has 0 unspecified atom stereocenters. The molecule has 0 radical (unpaired) electrons. The molecule has 3 heterocycles. The molecule has 0 aliphatic carbocycles. The predicted octanol–water partition coefficient (Wildman–Crippen LogP) is 4.45. The van der Waals surface area contributed by atoms with E-state index in [2.05, 4.69) is 30.5 Å². The number of H-pyrrole nitrogens is 1. The predicted molar refractivity (Wildman–Crippen MR) is 125 cm³/mol. The Morgan fingerprint density at radius 1 is 1.00 bits per heavy atom. The summed E-state index contributed by atoms with van der Waals surface area (Å²) in [6.45, 7) is 3.11. The van der Waals surface area contributed by atoms with Gasteiger partial charge < -0.3 is 14.6 Å². The summed E-state index contributed by atoms with van der Waals surface area (Å²) < 4.78 is 21.9. The van der Waals surface area contributed by atoms with E-state index in [1.165, 1.54) is 18.7 Å². The van der Waals surface area contributed by atoms with Crippen LogP contribution in [-0.4, -0.2) is 43.4 Å². The number of aromatic amines is 1. The summed E-state index contributed by atoms with van der Waals surface area (Å²) in [5.74, 6) is 1.81. The number of rotatable bonds is 7. The van der Waals surface area contributed by atoms with Crippen molar-refractivity contribution in [2.24, 2.45) is 0 Å². The molecule has 0 aliphatic rings. The van der Waals surface area contributed by atoms with Crippen LogP contribution in [0.15, 0.2) is 61.2 Å². The monoisotopic (exact) mass is 443 g/mol. The molecule has 2 aromatic carbocycles. The highest BCUT2D eigenvalue weighted by molar-refractivity contribution is 5.88. The quantitative estimate of drug-likeness (QED) is 0.386. The van der Waals surface area contributed by atoms with Crippen LogP contribution in [0.1, 0.15) is 5.69 Å². The van der Waals surface area contributed by atoms with Crippen LogP contribution in [0.25, 0.3) is 33.5 Å². The second kappa shape index (κ2) is 8.70. The molecule has 3 aromatic heterocycles. The Hall–Kier alpha value is -4.27. The lowest BCUT2D eigenvalue weighted by Gasteiger charge is -2.12. The largest absolute Gasteiger partial charge is 0.496 e. The normalized spacial score (nSPS) is 11.1. The average Bonchev–Trinajstić information content (AvgIpc) is 3.49. The molecule has 2 N–H and O–H groups in total. The number of aryl methyl sites for hydroxylation is 1. The second-order valence-corrected chi connectivity index (χ2v) is 7.58. The van der Waals surface area contributed by atoms with Gasteiger partial charge in [0, 0.05) is 41.4 Å². The van der Waals surface area contributed by atoms with Crippen molar-refractivity contribution in [2.45, 2.75) is 13.5 Å². The minimum atomic E-state index is -0.267. The van der Waals surface area contributed by atoms with Crippen LogP contribution >= 0.6 is 0 Å². The molecule has 0 atom stereocenters. The van der Waals surface area contributed by atoms with Gasteiger partial charge in [-0.1, -0.05) is 24.3 Å². The van der Waals surface area contributed by atoms with Crippen molar-refractivity contribution < 1.29 is 9.13 Å². The number of methoxy groups -OCH3 is 1. The fourth-order valence-corrected chi connectivity index (χ4v) is 3.96. The third-order valence-electron chi connectivity index (χ3n) is 5.57. The highest BCUT2D eigenvalue weighted by Gasteiger charge is 2.14. The summed E-state index contributed by atoms with van der Waals surface area (Å²) in [6.07, 6.45) is 3.01. The molecule has 0 fully saturated rings. The molecule has 0 amide bonds. The molecule has 8 nitrogen and oxygen atoms in total. The van der Waals surface area contributed by atoms with Gasteiger partial charge in [0.2, 0.25) is 0 Å². The smallest absolute Gasteiger partial charge is 0.155 e. The van der Waals surface area contributed by atoms with Crippen molar-refractivity contribution >= 4 is 16.7 Å². The van der Waals surface area contributed by atoms with Crippen LogP contribution in [0.5, 0.6) is 5.75 Å². The fourth-order valence-electron chi connectivity index (χ4n) is 3.96. The summed E-state index contributed by atoms with van der Waals surface area (Å²) >= 11 is 0. The number of nitrogens with one attached hydrogen (secondary N) is 2. The first-order chi connectivity index (χ1) is 16.1. The van der Waals surface area contributed by atoms with E-state index in [1.807, 2.05) is 47.9 Å². The van der Waals surface area contributed by atoms with Crippen LogP contribution in [0.4, 0.5) is 10.2 Å². The van der Waals surface area contributed by atoms with Gasteiger partial charge in [-0.2, -0.15) is 5.10 Å². The number of fused-ring (bicyclic) bond motifs is 1. The summed E-state index contributed by atoms with van der Waals surface area (Å²) in [7, 11) is 1.59. The Bertz CT molecular complexity index is 1390. The molecule has 0 saturated carbocycles. The standard InChI is InChI=1S/C24H22FN7O/c1-15-11-18-21(33-2)8-7-19(25)23(18)32(15)10-9-26-22-12-20(27-13-28-22)16-3-5-17(6-4-16)24-29-14-30-31-24/h3-8,11-14H,9-10H2,1-2H3,(H,26,27,28)(H,29,30,31). The maximum Gasteiger partial charge on any atom is 0.155 e. The first-order valence-corrected chi connectivity index (χ1v) is 10.5. The van der Waals surface area contributed by atoms with E-state index in [9.17, 15) is 4.39 Å². The van der Waals surface area contributed by atoms with Gasteiger partial charge in [0.1, 0.15) is 30.0 Å². The van der Waals surface area contributed by atoms with Gasteiger partial charge in [-0.15, -0.1) is 0 Å². The summed E-state index contributed by atoms with van der Waals surface area (Å²) in [6, 6.07) is 14.8. The maximum absolute atomic E-state index is 14.6. The SMILES string of the molecule is COc1ccc(F)c2c1cc(C)n2CCNc1cc(-c2ccc(-c3ncn[nH]3)cc2)ncn1. The maximum atomic E-state index is 14.6. The van der Waals surface area contributed by atoms with Gasteiger partial charge >= 0.3 is 0 Å². The number of nitrogens with zero attached hydrogens (tertiary/aromatic N) is 5. The Labute approximate surface area is 189 Å². The average molecular weight is 443 g/mol. The lowest BCUT2D eigenvalue weighted by atomic mass is 10.1. The number of halogens is 1. The molecule has 5 aromatic rings. The highest BCUT2D eigenvalue weighted by Crippen LogP contribution is 2.31. The van der Waals surface area contributed by atoms with Crippen molar-refractivity contribution in [2.75, 3.05) is 19.0 Å². The molecule has 166 valence electrons. The zero-order valence-electron chi connectivity index (χ0n) is 18.2. The molecule has 9 heteroatoms. The molecular formula is C24H22FN7O. The van der Waals surface area contributed by atoms with Crippen LogP contribution in [0.2, 0.25) is 0 Å². The Kier molecular flexibility index (Phi) is 5.43. The molecule has 0 bridgehead atoms. The van der Waals surface area contributed by atoms with Crippen LogP contribution in [0, 0.1) is 12.7 Å². The van der Waals surface area contributed by atoms with Crippen molar-refractivity contribution in [1.82, 2.24) is 29.7 Å². The van der Waals surface area contributed by atoms with Crippen molar-refractivity contribution in [3.05, 3.63) is 72.7 Å². The molecule has 0 spiro atoms. The van der Waals surface area contributed by atoms with Crippen molar-refractivity contribution in [3.63, 3.8) is 0 Å². The third kappa shape index (κ3) is 4.00. The zero-order valence-corrected chi connectivity index (χ0v) is 18.2. The minimum Gasteiger partial charge on any atom is -0.496 e. The molecular weight excluding hydrogens is 421 g/mol. The number of hydrogen-bond acceptors (Lipinski definition) is 6. The van der Waals surface area contributed by atoms with Gasteiger partial charge in [0.05, 0.1) is 18.3 Å². The van der Waals surface area contributed by atoms with E-state index in [4.69, 9.17) is 4.74 Å². The van der Waals surface area contributed by atoms with Crippen molar-refractivity contribution in [1.29, 1.82) is 0 Å². The van der Waals surface area contributed by atoms with E-state index in [0.29, 0.717) is 36.0 Å². The van der Waals surface area contributed by atoms with Crippen LogP contribution in [-0.2, 0) is 6.54 Å². The lowest BCUT2D eigenvalue weighted by Crippen LogP contribution is -2.13. The Morgan fingerprint density at radius 3 is 2.58 bits per heavy atom. The summed E-state index contributed by atoms with van der Waals surface area (Å²) in [5.41, 5.74) is 4.22. The van der Waals surface area contributed by atoms with E-state index in [0.717, 1.165) is 27.9 Å². The van der Waals surface area contributed by atoms with Gasteiger partial charge in [0.25, 0.3) is 0 Å². The Morgan fingerprint density at radius 2 is 1.82 bits per heavy atom. The molecule has 0 saturated heterocycles. The lowest BCUT2D eigenvalue weighted by molar-refractivity contribution is 0.419. The zero-order chi connectivity index (χ0) is 22.8. The molecule has 33 heavy (non-hydrogen) atoms. The second-order valence-electron chi connectivity index (χ2n) is 7.58. The van der Waals surface area contributed by atoms with Crippen molar-refractivity contribution in [3.8, 4) is 28.4 Å². The van der Waals surface area contributed by atoms with Crippen LogP contribution in [0.3, 0.4) is 0 Å². The first-order valence-electron chi connectivity index (χ1n) is 10.5. The highest BCUT2D eigenvalue weighted by atomic mass is 19.1. The fraction of sp³-hybridized carbons (Fsp3) is 0.167. The van der Waals surface area contributed by atoms with E-state index in [-0.39, 0.29) is 5.82 Å².